The van der Waals surface area contributed by atoms with Crippen LogP contribution in [0.3, 0.4) is 0 Å². The first-order chi connectivity index (χ1) is 17.2. The Bertz CT molecular complexity index is 1350. The molecule has 0 aliphatic rings. The fourth-order valence-corrected chi connectivity index (χ4v) is 3.44. The van der Waals surface area contributed by atoms with Crippen molar-refractivity contribution < 1.29 is 28.9 Å². The molecular formula is C23H19BrN4O8. The van der Waals surface area contributed by atoms with Crippen molar-refractivity contribution in [2.45, 2.75) is 6.92 Å². The number of halogens is 1. The first-order valence-electron chi connectivity index (χ1n) is 10.3. The van der Waals surface area contributed by atoms with Crippen LogP contribution in [0.25, 0.3) is 0 Å². The van der Waals surface area contributed by atoms with Gasteiger partial charge in [0.1, 0.15) is 5.75 Å². The Morgan fingerprint density at radius 2 is 1.72 bits per heavy atom. The van der Waals surface area contributed by atoms with Crippen molar-refractivity contribution in [1.29, 1.82) is 0 Å². The van der Waals surface area contributed by atoms with Gasteiger partial charge in [0.25, 0.3) is 11.6 Å². The average Bonchev–Trinajstić information content (AvgIpc) is 2.85. The largest absolute Gasteiger partial charge is 0.493 e. The van der Waals surface area contributed by atoms with Crippen molar-refractivity contribution in [3.63, 3.8) is 0 Å². The van der Waals surface area contributed by atoms with Crippen LogP contribution in [0.1, 0.15) is 22.8 Å². The van der Waals surface area contributed by atoms with Crippen molar-refractivity contribution in [3.05, 3.63) is 90.4 Å². The van der Waals surface area contributed by atoms with E-state index in [1.54, 1.807) is 30.3 Å². The van der Waals surface area contributed by atoms with Crippen LogP contribution < -0.4 is 19.6 Å². The van der Waals surface area contributed by atoms with Gasteiger partial charge in [0, 0.05) is 11.6 Å². The first-order valence-corrected chi connectivity index (χ1v) is 11.1. The minimum atomic E-state index is -0.764. The van der Waals surface area contributed by atoms with Crippen LogP contribution in [0.4, 0.5) is 11.4 Å². The number of carbonyl (C=O) groups excluding carboxylic acids is 1. The van der Waals surface area contributed by atoms with Gasteiger partial charge in [0.05, 0.1) is 40.3 Å². The van der Waals surface area contributed by atoms with Crippen LogP contribution in [-0.4, -0.2) is 35.7 Å². The molecule has 0 spiro atoms. The molecule has 3 aromatic carbocycles. The van der Waals surface area contributed by atoms with Gasteiger partial charge in [-0.2, -0.15) is 5.10 Å². The molecule has 0 bridgehead atoms. The molecule has 0 heterocycles. The molecule has 0 aromatic heterocycles. The lowest BCUT2D eigenvalue weighted by atomic mass is 10.2. The van der Waals surface area contributed by atoms with E-state index in [9.17, 15) is 25.0 Å². The highest BCUT2D eigenvalue weighted by Crippen LogP contribution is 2.37. The number of nitro benzene ring substituents is 2. The maximum Gasteiger partial charge on any atom is 0.318 e. The molecule has 0 saturated heterocycles. The highest BCUT2D eigenvalue weighted by molar-refractivity contribution is 9.10. The van der Waals surface area contributed by atoms with Crippen LogP contribution in [0.2, 0.25) is 0 Å². The van der Waals surface area contributed by atoms with E-state index in [1.807, 2.05) is 6.92 Å². The van der Waals surface area contributed by atoms with Crippen molar-refractivity contribution >= 4 is 39.4 Å². The van der Waals surface area contributed by atoms with Gasteiger partial charge in [0.2, 0.25) is 5.75 Å². The highest BCUT2D eigenvalue weighted by Gasteiger charge is 2.21. The summed E-state index contributed by atoms with van der Waals surface area (Å²) in [6, 6.07) is 12.6. The third-order valence-electron chi connectivity index (χ3n) is 4.63. The predicted molar refractivity (Wildman–Crippen MR) is 133 cm³/mol. The Morgan fingerprint density at radius 1 is 1.00 bits per heavy atom. The van der Waals surface area contributed by atoms with E-state index in [1.165, 1.54) is 19.4 Å². The van der Waals surface area contributed by atoms with Gasteiger partial charge in [0.15, 0.2) is 11.5 Å². The van der Waals surface area contributed by atoms with Gasteiger partial charge in [-0.25, -0.2) is 5.43 Å². The number of hydrogen-bond donors (Lipinski definition) is 1. The van der Waals surface area contributed by atoms with Gasteiger partial charge in [-0.3, -0.25) is 25.0 Å². The summed E-state index contributed by atoms with van der Waals surface area (Å²) in [7, 11) is 1.50. The molecular weight excluding hydrogens is 540 g/mol. The number of benzene rings is 3. The van der Waals surface area contributed by atoms with Crippen LogP contribution in [-0.2, 0) is 0 Å². The van der Waals surface area contributed by atoms with E-state index in [4.69, 9.17) is 14.2 Å². The number of hydrogen-bond acceptors (Lipinski definition) is 9. The monoisotopic (exact) mass is 558 g/mol. The van der Waals surface area contributed by atoms with Crippen molar-refractivity contribution in [2.75, 3.05) is 13.7 Å². The summed E-state index contributed by atoms with van der Waals surface area (Å²) in [5.74, 6) is 0.549. The number of hydrazone groups is 1. The summed E-state index contributed by atoms with van der Waals surface area (Å²) >= 11 is 3.32. The lowest BCUT2D eigenvalue weighted by molar-refractivity contribution is -0.394. The average molecular weight is 559 g/mol. The van der Waals surface area contributed by atoms with E-state index in [0.29, 0.717) is 33.7 Å². The minimum absolute atomic E-state index is 0.161. The van der Waals surface area contributed by atoms with Gasteiger partial charge in [-0.15, -0.1) is 0 Å². The summed E-state index contributed by atoms with van der Waals surface area (Å²) in [6.45, 7) is 2.23. The summed E-state index contributed by atoms with van der Waals surface area (Å²) in [6.07, 6.45) is 1.40. The van der Waals surface area contributed by atoms with Gasteiger partial charge < -0.3 is 14.2 Å². The molecule has 0 radical (unpaired) electrons. The van der Waals surface area contributed by atoms with Crippen LogP contribution in [0.5, 0.6) is 23.0 Å². The summed E-state index contributed by atoms with van der Waals surface area (Å²) in [5.41, 5.74) is 2.35. The fourth-order valence-electron chi connectivity index (χ4n) is 2.96. The zero-order valence-electron chi connectivity index (χ0n) is 19.0. The molecule has 186 valence electrons. The lowest BCUT2D eigenvalue weighted by Gasteiger charge is -2.10. The molecule has 0 atom stereocenters. The zero-order valence-corrected chi connectivity index (χ0v) is 20.6. The quantitative estimate of drug-likeness (QED) is 0.201. The molecule has 0 fully saturated rings. The molecule has 36 heavy (non-hydrogen) atoms. The van der Waals surface area contributed by atoms with Crippen LogP contribution in [0.15, 0.2) is 64.2 Å². The van der Waals surface area contributed by atoms with E-state index in [2.05, 4.69) is 26.5 Å². The number of carbonyl (C=O) groups is 1. The third kappa shape index (κ3) is 6.33. The second-order valence-corrected chi connectivity index (χ2v) is 7.81. The third-order valence-corrected chi connectivity index (χ3v) is 5.25. The molecule has 3 rings (SSSR count). The van der Waals surface area contributed by atoms with E-state index < -0.39 is 27.1 Å². The van der Waals surface area contributed by atoms with E-state index in [0.717, 1.165) is 18.2 Å². The Balaban J connectivity index is 1.71. The number of ether oxygens (including phenoxy) is 3. The molecule has 1 amide bonds. The summed E-state index contributed by atoms with van der Waals surface area (Å²) in [5, 5.41) is 26.2. The standard InChI is InChI=1S/C23H19BrN4O8/c1-3-35-22-11-15(5-8-21(22)34-2)23(29)26-25-13-14-4-7-19(17(24)10-14)36-20-9-6-16(27(30)31)12-18(20)28(32)33/h4-13H,3H2,1-2H3,(H,26,29)/b25-13+. The van der Waals surface area contributed by atoms with Gasteiger partial charge >= 0.3 is 5.69 Å². The molecule has 0 unspecified atom stereocenters. The van der Waals surface area contributed by atoms with Gasteiger partial charge in [-0.1, -0.05) is 0 Å². The number of rotatable bonds is 10. The van der Waals surface area contributed by atoms with E-state index in [-0.39, 0.29) is 11.5 Å². The highest BCUT2D eigenvalue weighted by atomic mass is 79.9. The Hall–Kier alpha value is -4.52. The molecule has 3 aromatic rings. The van der Waals surface area contributed by atoms with Crippen LogP contribution in [0, 0.1) is 20.2 Å². The normalized spacial score (nSPS) is 10.6. The van der Waals surface area contributed by atoms with Crippen LogP contribution >= 0.6 is 15.9 Å². The van der Waals surface area contributed by atoms with Crippen molar-refractivity contribution in [2.24, 2.45) is 5.10 Å². The smallest absolute Gasteiger partial charge is 0.318 e. The van der Waals surface area contributed by atoms with E-state index >= 15 is 0 Å². The molecule has 12 nitrogen and oxygen atoms in total. The summed E-state index contributed by atoms with van der Waals surface area (Å²) in [4.78, 5) is 33.1. The number of amides is 1. The zero-order chi connectivity index (χ0) is 26.2. The minimum Gasteiger partial charge on any atom is -0.493 e. The first kappa shape index (κ1) is 26.1. The second kappa shape index (κ2) is 11.8. The summed E-state index contributed by atoms with van der Waals surface area (Å²) < 4.78 is 16.7. The number of nitro groups is 2. The molecule has 0 aliphatic carbocycles. The maximum atomic E-state index is 12.4. The Morgan fingerprint density at radius 3 is 2.36 bits per heavy atom. The van der Waals surface area contributed by atoms with Crippen molar-refractivity contribution in [3.8, 4) is 23.0 Å². The van der Waals surface area contributed by atoms with Gasteiger partial charge in [-0.05, 0) is 70.9 Å². The fraction of sp³-hybridized carbons (Fsp3) is 0.130. The number of non-ortho nitro benzene ring substituents is 1. The molecule has 0 aliphatic heterocycles. The van der Waals surface area contributed by atoms with Crippen molar-refractivity contribution in [1.82, 2.24) is 5.43 Å². The molecule has 1 N–H and O–H groups in total. The number of nitrogens with one attached hydrogen (secondary N) is 1. The maximum absolute atomic E-state index is 12.4. The molecule has 0 saturated carbocycles. The molecule has 13 heteroatoms. The number of methoxy groups -OCH3 is 1. The Labute approximate surface area is 212 Å². The lowest BCUT2D eigenvalue weighted by Crippen LogP contribution is -2.17. The topological polar surface area (TPSA) is 155 Å². The second-order valence-electron chi connectivity index (χ2n) is 6.96. The SMILES string of the molecule is CCOc1cc(C(=O)N/N=C/c2ccc(Oc3ccc([N+](=O)[O-])cc3[N+](=O)[O-])c(Br)c2)ccc1OC. The Kier molecular flexibility index (Phi) is 8.52. The number of nitrogens with zero attached hydrogens (tertiary/aromatic N) is 3. The predicted octanol–water partition coefficient (Wildman–Crippen LogP) is 5.23.